The van der Waals surface area contributed by atoms with Crippen LogP contribution in [0.5, 0.6) is 11.6 Å². The van der Waals surface area contributed by atoms with Gasteiger partial charge in [-0.3, -0.25) is 0 Å². The first-order valence-electron chi connectivity index (χ1n) is 7.31. The van der Waals surface area contributed by atoms with E-state index in [4.69, 9.17) is 16.3 Å². The van der Waals surface area contributed by atoms with Gasteiger partial charge in [0.25, 0.3) is 0 Å². The molecule has 0 unspecified atom stereocenters. The van der Waals surface area contributed by atoms with Crippen LogP contribution < -0.4 is 4.74 Å². The van der Waals surface area contributed by atoms with E-state index in [-0.39, 0.29) is 11.6 Å². The molecule has 0 spiro atoms. The predicted octanol–water partition coefficient (Wildman–Crippen LogP) is 5.01. The van der Waals surface area contributed by atoms with Gasteiger partial charge < -0.3 is 14.4 Å². The summed E-state index contributed by atoms with van der Waals surface area (Å²) < 4.78 is 7.23. The van der Waals surface area contributed by atoms with Crippen molar-refractivity contribution < 1.29 is 9.84 Å². The number of nitrogens with zero attached hydrogens (tertiary/aromatic N) is 2. The number of aromatic nitrogens is 1. The highest BCUT2D eigenvalue weighted by atomic mass is 35.5. The van der Waals surface area contributed by atoms with Gasteiger partial charge in [0.2, 0.25) is 5.88 Å². The summed E-state index contributed by atoms with van der Waals surface area (Å²) >= 11 is 6.06. The van der Waals surface area contributed by atoms with Gasteiger partial charge in [-0.25, -0.2) is 0 Å². The van der Waals surface area contributed by atoms with E-state index in [1.54, 1.807) is 28.8 Å². The third-order valence-electron chi connectivity index (χ3n) is 3.72. The predicted molar refractivity (Wildman–Crippen MR) is 95.3 cm³/mol. The van der Waals surface area contributed by atoms with Gasteiger partial charge in [-0.1, -0.05) is 42.5 Å². The molecule has 0 aliphatic carbocycles. The molecule has 6 heteroatoms. The van der Waals surface area contributed by atoms with Gasteiger partial charge in [-0.15, -0.1) is 4.91 Å². The molecule has 1 heterocycles. The molecule has 0 aliphatic heterocycles. The van der Waals surface area contributed by atoms with Crippen molar-refractivity contribution in [2.24, 2.45) is 5.18 Å². The number of halogens is 1. The maximum absolute atomic E-state index is 11.1. The largest absolute Gasteiger partial charge is 0.493 e. The van der Waals surface area contributed by atoms with Crippen molar-refractivity contribution in [3.63, 3.8) is 0 Å². The molecular formula is C18H15ClN2O3. The Bertz CT molecular complexity index is 918. The SMILES string of the molecule is C=CCOc1ccccc1Cn1c(O)c(N=O)c2ccc(Cl)cc21. The molecule has 0 fully saturated rings. The summed E-state index contributed by atoms with van der Waals surface area (Å²) in [5, 5.41) is 14.4. The minimum atomic E-state index is -0.194. The van der Waals surface area contributed by atoms with Crippen LogP contribution in [0, 0.1) is 4.91 Å². The van der Waals surface area contributed by atoms with Crippen molar-refractivity contribution in [1.29, 1.82) is 0 Å². The molecule has 3 rings (SSSR count). The summed E-state index contributed by atoms with van der Waals surface area (Å²) in [5.74, 6) is 0.488. The first kappa shape index (κ1) is 16.1. The molecular weight excluding hydrogens is 328 g/mol. The van der Waals surface area contributed by atoms with Gasteiger partial charge >= 0.3 is 0 Å². The Morgan fingerprint density at radius 3 is 2.83 bits per heavy atom. The zero-order chi connectivity index (χ0) is 17.1. The van der Waals surface area contributed by atoms with Crippen molar-refractivity contribution in [3.05, 3.63) is 70.6 Å². The average molecular weight is 343 g/mol. The standard InChI is InChI=1S/C18H15ClN2O3/c1-2-9-24-16-6-4-3-5-12(16)11-21-15-10-13(19)7-8-14(15)17(20-23)18(21)22/h2-8,10,22H,1,9,11H2. The van der Waals surface area contributed by atoms with E-state index in [0.717, 1.165) is 5.56 Å². The van der Waals surface area contributed by atoms with E-state index >= 15 is 0 Å². The number of hydrogen-bond acceptors (Lipinski definition) is 4. The van der Waals surface area contributed by atoms with Gasteiger partial charge in [0.1, 0.15) is 12.4 Å². The molecule has 24 heavy (non-hydrogen) atoms. The van der Waals surface area contributed by atoms with Gasteiger partial charge in [0.05, 0.1) is 12.1 Å². The van der Waals surface area contributed by atoms with Crippen LogP contribution in [0.3, 0.4) is 0 Å². The highest BCUT2D eigenvalue weighted by molar-refractivity contribution is 6.31. The van der Waals surface area contributed by atoms with Crippen LogP contribution in [0.15, 0.2) is 60.3 Å². The third kappa shape index (κ3) is 2.86. The maximum Gasteiger partial charge on any atom is 0.222 e. The fourth-order valence-corrected chi connectivity index (χ4v) is 2.80. The summed E-state index contributed by atoms with van der Waals surface area (Å²) in [5.41, 5.74) is 1.49. The second-order valence-corrected chi connectivity index (χ2v) is 5.65. The monoisotopic (exact) mass is 342 g/mol. The maximum atomic E-state index is 11.1. The molecule has 122 valence electrons. The van der Waals surface area contributed by atoms with Crippen LogP contribution >= 0.6 is 11.6 Å². The van der Waals surface area contributed by atoms with E-state index < -0.39 is 0 Å². The van der Waals surface area contributed by atoms with Crippen molar-refractivity contribution in [1.82, 2.24) is 4.57 Å². The quantitative estimate of drug-likeness (QED) is 0.505. The Morgan fingerprint density at radius 2 is 2.08 bits per heavy atom. The Kier molecular flexibility index (Phi) is 4.53. The lowest BCUT2D eigenvalue weighted by Crippen LogP contribution is -2.03. The molecule has 1 aromatic heterocycles. The minimum absolute atomic E-state index is 0.00570. The van der Waals surface area contributed by atoms with Crippen molar-refractivity contribution in [2.45, 2.75) is 6.54 Å². The third-order valence-corrected chi connectivity index (χ3v) is 3.96. The van der Waals surface area contributed by atoms with Crippen LogP contribution in [-0.2, 0) is 6.54 Å². The van der Waals surface area contributed by atoms with Gasteiger partial charge in [0.15, 0.2) is 5.69 Å². The van der Waals surface area contributed by atoms with E-state index in [2.05, 4.69) is 11.8 Å². The van der Waals surface area contributed by atoms with Gasteiger partial charge in [-0.2, -0.15) is 0 Å². The molecule has 0 amide bonds. The normalized spacial score (nSPS) is 10.7. The number of para-hydroxylation sites is 1. The molecule has 0 saturated heterocycles. The zero-order valence-electron chi connectivity index (χ0n) is 12.8. The number of nitroso groups, excluding NO2 is 1. The lowest BCUT2D eigenvalue weighted by molar-refractivity contribution is 0.357. The van der Waals surface area contributed by atoms with Crippen molar-refractivity contribution in [3.8, 4) is 11.6 Å². The molecule has 0 aliphatic rings. The van der Waals surface area contributed by atoms with Gasteiger partial charge in [-0.05, 0) is 29.4 Å². The number of ether oxygens (including phenoxy) is 1. The van der Waals surface area contributed by atoms with E-state index in [1.165, 1.54) is 0 Å². The lowest BCUT2D eigenvalue weighted by atomic mass is 10.2. The molecule has 0 radical (unpaired) electrons. The molecule has 2 aromatic carbocycles. The zero-order valence-corrected chi connectivity index (χ0v) is 13.5. The number of aromatic hydroxyl groups is 1. The Morgan fingerprint density at radius 1 is 1.29 bits per heavy atom. The second kappa shape index (κ2) is 6.76. The summed E-state index contributed by atoms with van der Waals surface area (Å²) in [6.45, 7) is 4.32. The number of rotatable bonds is 6. The molecule has 3 aromatic rings. The number of benzene rings is 2. The topological polar surface area (TPSA) is 63.8 Å². The number of hydrogen-bond donors (Lipinski definition) is 1. The molecule has 0 bridgehead atoms. The number of fused-ring (bicyclic) bond motifs is 1. The highest BCUT2D eigenvalue weighted by Gasteiger charge is 2.19. The lowest BCUT2D eigenvalue weighted by Gasteiger charge is -2.12. The van der Waals surface area contributed by atoms with Crippen LogP contribution in [0.1, 0.15) is 5.56 Å². The first-order chi connectivity index (χ1) is 11.7. The van der Waals surface area contributed by atoms with Crippen LogP contribution in [0.25, 0.3) is 10.9 Å². The van der Waals surface area contributed by atoms with Crippen LogP contribution in [0.4, 0.5) is 5.69 Å². The molecule has 1 N–H and O–H groups in total. The molecule has 5 nitrogen and oxygen atoms in total. The smallest absolute Gasteiger partial charge is 0.222 e. The summed E-state index contributed by atoms with van der Waals surface area (Å²) in [6, 6.07) is 12.5. The van der Waals surface area contributed by atoms with E-state index in [1.807, 2.05) is 24.3 Å². The Balaban J connectivity index is 2.11. The first-order valence-corrected chi connectivity index (χ1v) is 7.69. The second-order valence-electron chi connectivity index (χ2n) is 5.22. The van der Waals surface area contributed by atoms with Crippen LogP contribution in [-0.4, -0.2) is 16.3 Å². The summed E-state index contributed by atoms with van der Waals surface area (Å²) in [4.78, 5) is 11.1. The fraction of sp³-hybridized carbons (Fsp3) is 0.111. The molecule has 0 saturated carbocycles. The summed E-state index contributed by atoms with van der Waals surface area (Å²) in [7, 11) is 0. The summed E-state index contributed by atoms with van der Waals surface area (Å²) in [6.07, 6.45) is 1.66. The Labute approximate surface area is 143 Å². The fourth-order valence-electron chi connectivity index (χ4n) is 2.64. The van der Waals surface area contributed by atoms with Crippen molar-refractivity contribution >= 4 is 28.2 Å². The Hall–Kier alpha value is -2.79. The van der Waals surface area contributed by atoms with Crippen molar-refractivity contribution in [2.75, 3.05) is 6.61 Å². The minimum Gasteiger partial charge on any atom is -0.493 e. The highest BCUT2D eigenvalue weighted by Crippen LogP contribution is 2.40. The van der Waals surface area contributed by atoms with E-state index in [0.29, 0.717) is 34.8 Å². The van der Waals surface area contributed by atoms with Gasteiger partial charge in [0, 0.05) is 16.0 Å². The average Bonchev–Trinajstić information content (AvgIpc) is 2.85. The van der Waals surface area contributed by atoms with Crippen LogP contribution in [0.2, 0.25) is 5.02 Å². The molecule has 0 atom stereocenters. The van der Waals surface area contributed by atoms with E-state index in [9.17, 15) is 10.0 Å².